The summed E-state index contributed by atoms with van der Waals surface area (Å²) >= 11 is 3.22. The molecule has 1 heterocycles. The van der Waals surface area contributed by atoms with Gasteiger partial charge in [-0.2, -0.15) is 13.2 Å². The van der Waals surface area contributed by atoms with Crippen molar-refractivity contribution in [3.8, 4) is 0 Å². The van der Waals surface area contributed by atoms with Gasteiger partial charge in [0, 0.05) is 30.1 Å². The average Bonchev–Trinajstić information content (AvgIpc) is 2.84. The first-order valence-corrected chi connectivity index (χ1v) is 8.81. The van der Waals surface area contributed by atoms with Crippen LogP contribution >= 0.6 is 15.9 Å². The number of benzene rings is 1. The quantitative estimate of drug-likeness (QED) is 0.775. The molecule has 1 N–H and O–H groups in total. The smallest absolute Gasteiger partial charge is 0.416 e. The number of ether oxygens (including phenoxy) is 1. The number of nitrogens with zero attached hydrogens (tertiary/aromatic N) is 1. The highest BCUT2D eigenvalue weighted by Gasteiger charge is 2.31. The van der Waals surface area contributed by atoms with Crippen molar-refractivity contribution >= 4 is 22.0 Å². The largest absolute Gasteiger partial charge is 0.444 e. The topological polar surface area (TPSA) is 41.6 Å². The molecule has 25 heavy (non-hydrogen) atoms. The molecule has 0 spiro atoms. The molecule has 1 amide bonds. The molecule has 1 atom stereocenters. The predicted octanol–water partition coefficient (Wildman–Crippen LogP) is 4.57. The fraction of sp³-hybridized carbons (Fsp3) is 0.588. The first-order valence-electron chi connectivity index (χ1n) is 8.01. The first-order chi connectivity index (χ1) is 11.4. The Balaban J connectivity index is 1.90. The van der Waals surface area contributed by atoms with Gasteiger partial charge < -0.3 is 10.1 Å². The highest BCUT2D eigenvalue weighted by Crippen LogP contribution is 2.32. The van der Waals surface area contributed by atoms with Crippen LogP contribution in [-0.4, -0.2) is 35.7 Å². The zero-order valence-electron chi connectivity index (χ0n) is 14.4. The first kappa shape index (κ1) is 20.0. The van der Waals surface area contributed by atoms with Gasteiger partial charge in [0.05, 0.1) is 5.56 Å². The minimum Gasteiger partial charge on any atom is -0.444 e. The van der Waals surface area contributed by atoms with Crippen molar-refractivity contribution in [1.29, 1.82) is 0 Å². The Morgan fingerprint density at radius 1 is 1.36 bits per heavy atom. The molecule has 1 aliphatic rings. The van der Waals surface area contributed by atoms with Crippen LogP contribution in [0.1, 0.15) is 38.3 Å². The number of rotatable bonds is 3. The van der Waals surface area contributed by atoms with Crippen molar-refractivity contribution in [2.45, 2.75) is 51.6 Å². The molecular formula is C17H22BrF3N2O2. The van der Waals surface area contributed by atoms with Crippen LogP contribution in [0.2, 0.25) is 0 Å². The molecule has 1 fully saturated rings. The van der Waals surface area contributed by atoms with E-state index >= 15 is 0 Å². The molecule has 0 radical (unpaired) electrons. The van der Waals surface area contributed by atoms with Crippen LogP contribution in [0.3, 0.4) is 0 Å². The molecule has 1 aromatic carbocycles. The van der Waals surface area contributed by atoms with E-state index in [0.29, 0.717) is 17.6 Å². The second kappa shape index (κ2) is 7.53. The number of amides is 1. The number of likely N-dealkylation sites (tertiary alicyclic amines) is 1. The summed E-state index contributed by atoms with van der Waals surface area (Å²) < 4.78 is 43.8. The molecule has 0 unspecified atom stereocenters. The number of hydrogen-bond acceptors (Lipinski definition) is 3. The van der Waals surface area contributed by atoms with Gasteiger partial charge in [0.2, 0.25) is 0 Å². The maximum Gasteiger partial charge on any atom is 0.416 e. The van der Waals surface area contributed by atoms with Gasteiger partial charge >= 0.3 is 12.3 Å². The summed E-state index contributed by atoms with van der Waals surface area (Å²) in [5.74, 6) is 0. The lowest BCUT2D eigenvalue weighted by Crippen LogP contribution is -2.40. The predicted molar refractivity (Wildman–Crippen MR) is 92.2 cm³/mol. The van der Waals surface area contributed by atoms with Gasteiger partial charge in [0.25, 0.3) is 0 Å². The standard InChI is InChI=1S/C17H22BrF3N2O2/c1-16(2,3)25-15(24)22-13-6-7-23(10-13)9-11-4-5-12(8-14(11)18)17(19,20)21/h4-5,8,13H,6-7,9-10H2,1-3H3,(H,22,24)/t13-/m0/s1. The van der Waals surface area contributed by atoms with Gasteiger partial charge in [-0.15, -0.1) is 0 Å². The van der Waals surface area contributed by atoms with E-state index in [1.807, 2.05) is 0 Å². The number of alkyl halides is 3. The molecular weight excluding hydrogens is 401 g/mol. The summed E-state index contributed by atoms with van der Waals surface area (Å²) in [4.78, 5) is 13.9. The fourth-order valence-corrected chi connectivity index (χ4v) is 3.17. The molecule has 140 valence electrons. The van der Waals surface area contributed by atoms with Crippen molar-refractivity contribution in [3.05, 3.63) is 33.8 Å². The van der Waals surface area contributed by atoms with Crippen molar-refractivity contribution in [1.82, 2.24) is 10.2 Å². The zero-order chi connectivity index (χ0) is 18.8. The molecule has 1 saturated heterocycles. The van der Waals surface area contributed by atoms with E-state index in [0.717, 1.165) is 30.7 Å². The maximum atomic E-state index is 12.7. The van der Waals surface area contributed by atoms with Gasteiger partial charge in [0.1, 0.15) is 5.60 Å². The molecule has 0 aromatic heterocycles. The third kappa shape index (κ3) is 6.18. The van der Waals surface area contributed by atoms with E-state index in [1.54, 1.807) is 20.8 Å². The second-order valence-electron chi connectivity index (χ2n) is 7.17. The van der Waals surface area contributed by atoms with Crippen molar-refractivity contribution in [3.63, 3.8) is 0 Å². The van der Waals surface area contributed by atoms with Crippen LogP contribution in [0.25, 0.3) is 0 Å². The fourth-order valence-electron chi connectivity index (χ4n) is 2.66. The van der Waals surface area contributed by atoms with E-state index < -0.39 is 23.4 Å². The van der Waals surface area contributed by atoms with E-state index in [1.165, 1.54) is 6.07 Å². The summed E-state index contributed by atoms with van der Waals surface area (Å²) in [6.45, 7) is 7.31. The van der Waals surface area contributed by atoms with E-state index in [9.17, 15) is 18.0 Å². The summed E-state index contributed by atoms with van der Waals surface area (Å²) in [7, 11) is 0. The molecule has 0 aliphatic carbocycles. The Morgan fingerprint density at radius 3 is 2.60 bits per heavy atom. The Kier molecular flexibility index (Phi) is 6.04. The lowest BCUT2D eigenvalue weighted by molar-refractivity contribution is -0.137. The normalized spacial score (nSPS) is 19.1. The SMILES string of the molecule is CC(C)(C)OC(=O)N[C@H]1CCN(Cc2ccc(C(F)(F)F)cc2Br)C1. The Hall–Kier alpha value is -1.28. The van der Waals surface area contributed by atoms with E-state index in [-0.39, 0.29) is 6.04 Å². The van der Waals surface area contributed by atoms with Gasteiger partial charge in [-0.3, -0.25) is 4.90 Å². The third-order valence-corrected chi connectivity index (χ3v) is 4.51. The molecule has 8 heteroatoms. The molecule has 2 rings (SSSR count). The number of carbonyl (C=O) groups excluding carboxylic acids is 1. The van der Waals surface area contributed by atoms with Crippen LogP contribution in [-0.2, 0) is 17.5 Å². The van der Waals surface area contributed by atoms with Crippen molar-refractivity contribution in [2.75, 3.05) is 13.1 Å². The maximum absolute atomic E-state index is 12.7. The van der Waals surface area contributed by atoms with Crippen LogP contribution in [0.4, 0.5) is 18.0 Å². The Morgan fingerprint density at radius 2 is 2.04 bits per heavy atom. The van der Waals surface area contributed by atoms with Crippen LogP contribution in [0.5, 0.6) is 0 Å². The van der Waals surface area contributed by atoms with Crippen LogP contribution < -0.4 is 5.32 Å². The summed E-state index contributed by atoms with van der Waals surface area (Å²) in [6, 6.07) is 3.65. The van der Waals surface area contributed by atoms with Crippen molar-refractivity contribution in [2.24, 2.45) is 0 Å². The zero-order valence-corrected chi connectivity index (χ0v) is 16.0. The monoisotopic (exact) mass is 422 g/mol. The average molecular weight is 423 g/mol. The highest BCUT2D eigenvalue weighted by molar-refractivity contribution is 9.10. The van der Waals surface area contributed by atoms with E-state index in [2.05, 4.69) is 26.1 Å². The number of carbonyl (C=O) groups is 1. The third-order valence-electron chi connectivity index (χ3n) is 3.77. The van der Waals surface area contributed by atoms with E-state index in [4.69, 9.17) is 4.74 Å². The van der Waals surface area contributed by atoms with Gasteiger partial charge in [-0.1, -0.05) is 22.0 Å². The summed E-state index contributed by atoms with van der Waals surface area (Å²) in [5, 5.41) is 2.83. The number of alkyl carbamates (subject to hydrolysis) is 1. The number of hydrogen-bond donors (Lipinski definition) is 1. The second-order valence-corrected chi connectivity index (χ2v) is 8.03. The molecule has 0 saturated carbocycles. The summed E-state index contributed by atoms with van der Waals surface area (Å²) in [6.07, 6.45) is -4.02. The molecule has 0 bridgehead atoms. The Labute approximate surface area is 153 Å². The molecule has 4 nitrogen and oxygen atoms in total. The molecule has 1 aliphatic heterocycles. The highest BCUT2D eigenvalue weighted by atomic mass is 79.9. The van der Waals surface area contributed by atoms with Gasteiger partial charge in [0.15, 0.2) is 0 Å². The summed E-state index contributed by atoms with van der Waals surface area (Å²) in [5.41, 5.74) is -0.437. The molecule has 1 aromatic rings. The lowest BCUT2D eigenvalue weighted by atomic mass is 10.1. The minimum atomic E-state index is -4.35. The lowest BCUT2D eigenvalue weighted by Gasteiger charge is -2.22. The van der Waals surface area contributed by atoms with Crippen LogP contribution in [0.15, 0.2) is 22.7 Å². The van der Waals surface area contributed by atoms with Gasteiger partial charge in [-0.25, -0.2) is 4.79 Å². The number of halogens is 4. The van der Waals surface area contributed by atoms with Crippen LogP contribution in [0, 0.1) is 0 Å². The van der Waals surface area contributed by atoms with Gasteiger partial charge in [-0.05, 0) is 44.9 Å². The Bertz CT molecular complexity index is 629. The van der Waals surface area contributed by atoms with Crippen molar-refractivity contribution < 1.29 is 22.7 Å². The number of nitrogens with one attached hydrogen (secondary N) is 1. The minimum absolute atomic E-state index is 0.0249.